The van der Waals surface area contributed by atoms with Gasteiger partial charge in [-0.15, -0.1) is 0 Å². The Labute approximate surface area is 287 Å². The smallest absolute Gasteiger partial charge is 0.315 e. The highest BCUT2D eigenvalue weighted by molar-refractivity contribution is 7.91. The fourth-order valence-corrected chi connectivity index (χ4v) is 8.09. The lowest BCUT2D eigenvalue weighted by Gasteiger charge is -2.30. The molecule has 1 aromatic carbocycles. The van der Waals surface area contributed by atoms with Crippen molar-refractivity contribution in [3.05, 3.63) is 48.7 Å². The summed E-state index contributed by atoms with van der Waals surface area (Å²) in [7, 11) is -3.86. The second-order valence-electron chi connectivity index (χ2n) is 14.7. The number of ether oxygens (including phenoxy) is 1. The number of urea groups is 1. The van der Waals surface area contributed by atoms with Crippen molar-refractivity contribution in [1.82, 2.24) is 30.6 Å². The lowest BCUT2D eigenvalue weighted by molar-refractivity contribution is -0.141. The van der Waals surface area contributed by atoms with Crippen molar-refractivity contribution in [3.63, 3.8) is 0 Å². The Balaban J connectivity index is 1.30. The molecule has 0 radical (unpaired) electrons. The quantitative estimate of drug-likeness (QED) is 0.334. The van der Waals surface area contributed by atoms with Crippen molar-refractivity contribution in [2.45, 2.75) is 113 Å². The molecule has 1 saturated heterocycles. The van der Waals surface area contributed by atoms with Gasteiger partial charge in [0.05, 0.1) is 11.8 Å². The third-order valence-electron chi connectivity index (χ3n) is 9.55. The molecular weight excluding hydrogens is 648 g/mol. The first-order valence-electron chi connectivity index (χ1n) is 17.2. The highest BCUT2D eigenvalue weighted by Crippen LogP contribution is 2.46. The molecule has 4 N–H and O–H groups in total. The first-order chi connectivity index (χ1) is 23.3. The number of aromatic nitrogens is 1. The molecule has 2 aromatic rings. The van der Waals surface area contributed by atoms with Crippen LogP contribution in [0.5, 0.6) is 5.88 Å². The number of nitrogens with one attached hydrogen (secondary N) is 4. The predicted molar refractivity (Wildman–Crippen MR) is 183 cm³/mol. The van der Waals surface area contributed by atoms with Gasteiger partial charge in [0.2, 0.25) is 27.7 Å². The number of nitrogens with zero attached hydrogens (tertiary/aromatic N) is 2. The molecule has 2 aliphatic carbocycles. The number of carbonyl (C=O) groups is 4. The van der Waals surface area contributed by atoms with Crippen molar-refractivity contribution in [2.75, 3.05) is 6.54 Å². The summed E-state index contributed by atoms with van der Waals surface area (Å²) in [6.07, 6.45) is 9.52. The third-order valence-corrected chi connectivity index (χ3v) is 11.4. The summed E-state index contributed by atoms with van der Waals surface area (Å²) in [5.74, 6) is -1.83. The minimum Gasteiger partial charge on any atom is -0.472 e. The van der Waals surface area contributed by atoms with E-state index in [-0.39, 0.29) is 19.4 Å². The Kier molecular flexibility index (Phi) is 9.62. The number of carbonyl (C=O) groups excluding carboxylic acids is 4. The minimum atomic E-state index is -3.86. The zero-order valence-electron chi connectivity index (χ0n) is 28.2. The number of fused-ring (bicyclic) bond motifs is 3. The summed E-state index contributed by atoms with van der Waals surface area (Å²) < 4.78 is 34.1. The van der Waals surface area contributed by atoms with Crippen molar-refractivity contribution in [3.8, 4) is 5.88 Å². The van der Waals surface area contributed by atoms with Crippen LogP contribution < -0.4 is 25.4 Å². The van der Waals surface area contributed by atoms with Crippen LogP contribution in [0.3, 0.4) is 0 Å². The van der Waals surface area contributed by atoms with Crippen LogP contribution >= 0.6 is 0 Å². The molecule has 0 bridgehead atoms. The molecule has 3 heterocycles. The Morgan fingerprint density at radius 3 is 2.59 bits per heavy atom. The topological polar surface area (TPSA) is 176 Å². The highest BCUT2D eigenvalue weighted by Gasteiger charge is 2.62. The maximum Gasteiger partial charge on any atom is 0.315 e. The van der Waals surface area contributed by atoms with Gasteiger partial charge in [-0.05, 0) is 76.8 Å². The van der Waals surface area contributed by atoms with E-state index in [1.54, 1.807) is 6.20 Å². The van der Waals surface area contributed by atoms with Gasteiger partial charge in [0.25, 0.3) is 5.91 Å². The lowest BCUT2D eigenvalue weighted by Crippen LogP contribution is -2.59. The molecule has 264 valence electrons. The number of amides is 5. The van der Waals surface area contributed by atoms with Crippen LogP contribution in [0.1, 0.15) is 78.6 Å². The summed E-state index contributed by atoms with van der Waals surface area (Å²) in [6, 6.07) is 7.01. The SMILES string of the molecule is CC(C)(C)NC(=O)N[C@H]1CCCCCC=C[C@@H]2C[C@@]2(C(=O)NS(=O)(=O)C2CC2)NC(=O)[C@@H]2C[C@@H](Oc3nccc4ccccc34)CN2C1=O. The van der Waals surface area contributed by atoms with Gasteiger partial charge >= 0.3 is 6.03 Å². The molecule has 1 aromatic heterocycles. The largest absolute Gasteiger partial charge is 0.472 e. The Bertz CT molecular complexity index is 1750. The van der Waals surface area contributed by atoms with Crippen LogP contribution in [0.25, 0.3) is 10.8 Å². The van der Waals surface area contributed by atoms with E-state index in [0.29, 0.717) is 31.6 Å². The summed E-state index contributed by atoms with van der Waals surface area (Å²) in [6.45, 7) is 5.57. The van der Waals surface area contributed by atoms with Crippen LogP contribution in [0.4, 0.5) is 4.79 Å². The van der Waals surface area contributed by atoms with Crippen molar-refractivity contribution in [2.24, 2.45) is 5.92 Å². The Hall–Kier alpha value is -4.20. The van der Waals surface area contributed by atoms with Gasteiger partial charge in [0, 0.05) is 29.5 Å². The van der Waals surface area contributed by atoms with E-state index in [9.17, 15) is 27.6 Å². The Morgan fingerprint density at radius 2 is 1.84 bits per heavy atom. The molecular formula is C35H46N6O7S. The van der Waals surface area contributed by atoms with Crippen molar-refractivity contribution < 1.29 is 32.3 Å². The van der Waals surface area contributed by atoms with Gasteiger partial charge in [-0.2, -0.15) is 0 Å². The lowest BCUT2D eigenvalue weighted by atomic mass is 10.0. The average molecular weight is 695 g/mol. The summed E-state index contributed by atoms with van der Waals surface area (Å²) in [5, 5.41) is 9.67. The number of pyridine rings is 1. The molecule has 13 nitrogen and oxygen atoms in total. The van der Waals surface area contributed by atoms with Crippen LogP contribution in [0.15, 0.2) is 48.7 Å². The van der Waals surface area contributed by atoms with Gasteiger partial charge in [-0.25, -0.2) is 18.2 Å². The molecule has 5 atom stereocenters. The van der Waals surface area contributed by atoms with E-state index in [1.807, 2.05) is 63.3 Å². The van der Waals surface area contributed by atoms with Gasteiger partial charge in [-0.1, -0.05) is 43.2 Å². The summed E-state index contributed by atoms with van der Waals surface area (Å²) in [4.78, 5) is 61.1. The van der Waals surface area contributed by atoms with E-state index < -0.39 is 74.2 Å². The van der Waals surface area contributed by atoms with Crippen LogP contribution in [-0.4, -0.2) is 83.1 Å². The molecule has 3 fully saturated rings. The fourth-order valence-electron chi connectivity index (χ4n) is 6.73. The molecule has 2 aliphatic heterocycles. The average Bonchev–Trinajstić information content (AvgIpc) is 3.96. The highest BCUT2D eigenvalue weighted by atomic mass is 32.2. The summed E-state index contributed by atoms with van der Waals surface area (Å²) >= 11 is 0. The van der Waals surface area contributed by atoms with E-state index >= 15 is 0 Å². The zero-order valence-corrected chi connectivity index (χ0v) is 29.1. The standard InChI is InChI=1S/C35H46N6O7S/c1-34(2,3)39-33(45)37-27-14-8-6-4-5-7-12-23-20-35(23,32(44)40-49(46,47)25-15-16-25)38-29(42)28-19-24(21-41(28)31(27)43)48-30-26-13-10-9-11-22(26)17-18-36-30/h7,9-13,17-18,23-25,27-28H,4-6,8,14-16,19-21H2,1-3H3,(H,38,42)(H,40,44)(H2,37,39,45)/t23-,24-,27+,28+,35-/m1/s1. The van der Waals surface area contributed by atoms with Crippen molar-refractivity contribution >= 4 is 44.5 Å². The molecule has 14 heteroatoms. The predicted octanol–water partition coefficient (Wildman–Crippen LogP) is 3.05. The number of hydrogen-bond acceptors (Lipinski definition) is 8. The first-order valence-corrected chi connectivity index (χ1v) is 18.7. The molecule has 0 unspecified atom stereocenters. The van der Waals surface area contributed by atoms with Gasteiger partial charge in [0.15, 0.2) is 0 Å². The van der Waals surface area contributed by atoms with Crippen LogP contribution in [0, 0.1) is 5.92 Å². The zero-order chi connectivity index (χ0) is 35.0. The second-order valence-corrected chi connectivity index (χ2v) is 16.7. The van der Waals surface area contributed by atoms with Gasteiger partial charge in [0.1, 0.15) is 23.7 Å². The van der Waals surface area contributed by atoms with Crippen LogP contribution in [0.2, 0.25) is 0 Å². The molecule has 4 aliphatic rings. The Morgan fingerprint density at radius 1 is 1.06 bits per heavy atom. The number of rotatable bonds is 6. The van der Waals surface area contributed by atoms with E-state index in [1.165, 1.54) is 4.90 Å². The maximum absolute atomic E-state index is 14.4. The minimum absolute atomic E-state index is 0.0411. The molecule has 5 amide bonds. The molecule has 6 rings (SSSR count). The van der Waals surface area contributed by atoms with Gasteiger partial charge in [-0.3, -0.25) is 19.1 Å². The number of benzene rings is 1. The van der Waals surface area contributed by atoms with E-state index in [4.69, 9.17) is 4.74 Å². The number of hydrogen-bond donors (Lipinski definition) is 4. The molecule has 2 saturated carbocycles. The van der Waals surface area contributed by atoms with Crippen molar-refractivity contribution in [1.29, 1.82) is 0 Å². The van der Waals surface area contributed by atoms with E-state index in [0.717, 1.165) is 30.0 Å². The number of allylic oxidation sites excluding steroid dienone is 1. The normalized spacial score (nSPS) is 27.9. The monoisotopic (exact) mass is 694 g/mol. The maximum atomic E-state index is 14.4. The molecule has 49 heavy (non-hydrogen) atoms. The molecule has 0 spiro atoms. The second kappa shape index (κ2) is 13.6. The van der Waals surface area contributed by atoms with E-state index in [2.05, 4.69) is 25.7 Å². The van der Waals surface area contributed by atoms with Gasteiger partial charge < -0.3 is 25.6 Å². The fraction of sp³-hybridized carbons (Fsp3) is 0.571. The first kappa shape index (κ1) is 34.7. The van der Waals surface area contributed by atoms with Crippen LogP contribution in [-0.2, 0) is 24.4 Å². The summed E-state index contributed by atoms with van der Waals surface area (Å²) in [5.41, 5.74) is -2.01. The number of sulfonamides is 1. The third kappa shape index (κ3) is 8.00.